The van der Waals surface area contributed by atoms with Gasteiger partial charge in [-0.15, -0.1) is 0 Å². The van der Waals surface area contributed by atoms with Crippen LogP contribution in [0.4, 0.5) is 9.59 Å². The fraction of sp³-hybridized carbons (Fsp3) is 0.211. The van der Waals surface area contributed by atoms with Gasteiger partial charge in [-0.25, -0.2) is 19.2 Å². The monoisotopic (exact) mass is 650 g/mol. The third kappa shape index (κ3) is 10.9. The molecule has 4 aromatic carbocycles. The molecular formula is C38H38N2O8. The molecule has 10 nitrogen and oxygen atoms in total. The van der Waals surface area contributed by atoms with Crippen LogP contribution in [0.5, 0.6) is 0 Å². The zero-order valence-corrected chi connectivity index (χ0v) is 26.8. The average molecular weight is 651 g/mol. The van der Waals surface area contributed by atoms with Crippen LogP contribution in [0.15, 0.2) is 133 Å². The van der Waals surface area contributed by atoms with E-state index in [1.807, 2.05) is 121 Å². The van der Waals surface area contributed by atoms with Gasteiger partial charge in [0, 0.05) is 26.2 Å². The van der Waals surface area contributed by atoms with Crippen LogP contribution < -0.4 is 0 Å². The molecule has 0 unspecified atom stereocenters. The SMILES string of the molecule is CN(C(=O)OCc1ccccc1)[C@@H](COC(=O)/C=C/C(=O)OC[C@@H](c1ccccc1)N(C)C(=O)OCc1ccccc1)c1ccccc1. The molecule has 4 rings (SSSR count). The number of amides is 2. The van der Waals surface area contributed by atoms with Gasteiger partial charge in [-0.1, -0.05) is 121 Å². The van der Waals surface area contributed by atoms with Crippen molar-refractivity contribution >= 4 is 24.1 Å². The fourth-order valence-corrected chi connectivity index (χ4v) is 4.66. The van der Waals surface area contributed by atoms with Crippen LogP contribution in [0.25, 0.3) is 0 Å². The summed E-state index contributed by atoms with van der Waals surface area (Å²) in [5.74, 6) is -1.61. The van der Waals surface area contributed by atoms with Crippen LogP contribution in [-0.2, 0) is 41.8 Å². The van der Waals surface area contributed by atoms with Crippen molar-refractivity contribution in [3.63, 3.8) is 0 Å². The first-order chi connectivity index (χ1) is 23.3. The number of hydrogen-bond donors (Lipinski definition) is 0. The highest BCUT2D eigenvalue weighted by Crippen LogP contribution is 2.23. The van der Waals surface area contributed by atoms with Crippen molar-refractivity contribution < 1.29 is 38.1 Å². The molecular weight excluding hydrogens is 612 g/mol. The second-order valence-corrected chi connectivity index (χ2v) is 10.7. The second-order valence-electron chi connectivity index (χ2n) is 10.7. The van der Waals surface area contributed by atoms with Gasteiger partial charge in [0.2, 0.25) is 0 Å². The number of rotatable bonds is 14. The predicted octanol–water partition coefficient (Wildman–Crippen LogP) is 6.65. The first-order valence-corrected chi connectivity index (χ1v) is 15.3. The van der Waals surface area contributed by atoms with Crippen LogP contribution in [0, 0.1) is 0 Å². The van der Waals surface area contributed by atoms with Crippen molar-refractivity contribution in [2.75, 3.05) is 27.3 Å². The van der Waals surface area contributed by atoms with E-state index in [-0.39, 0.29) is 26.4 Å². The van der Waals surface area contributed by atoms with E-state index in [1.54, 1.807) is 14.1 Å². The molecule has 0 bridgehead atoms. The largest absolute Gasteiger partial charge is 0.460 e. The van der Waals surface area contributed by atoms with Crippen LogP contribution >= 0.6 is 0 Å². The number of carbonyl (C=O) groups excluding carboxylic acids is 4. The van der Waals surface area contributed by atoms with Gasteiger partial charge in [0.25, 0.3) is 0 Å². The molecule has 248 valence electrons. The topological polar surface area (TPSA) is 112 Å². The summed E-state index contributed by atoms with van der Waals surface area (Å²) < 4.78 is 21.8. The van der Waals surface area contributed by atoms with Crippen molar-refractivity contribution in [1.29, 1.82) is 0 Å². The Balaban J connectivity index is 1.31. The summed E-state index contributed by atoms with van der Waals surface area (Å²) in [5.41, 5.74) is 3.13. The summed E-state index contributed by atoms with van der Waals surface area (Å²) in [6, 6.07) is 35.4. The van der Waals surface area contributed by atoms with Crippen LogP contribution in [0.3, 0.4) is 0 Å². The van der Waals surface area contributed by atoms with E-state index in [1.165, 1.54) is 9.80 Å². The number of hydrogen-bond acceptors (Lipinski definition) is 8. The van der Waals surface area contributed by atoms with E-state index < -0.39 is 36.2 Å². The zero-order valence-electron chi connectivity index (χ0n) is 26.8. The van der Waals surface area contributed by atoms with Crippen molar-refractivity contribution in [2.45, 2.75) is 25.3 Å². The molecule has 0 saturated carbocycles. The zero-order chi connectivity index (χ0) is 34.1. The molecule has 0 spiro atoms. The molecule has 0 aromatic heterocycles. The highest BCUT2D eigenvalue weighted by atomic mass is 16.6. The Morgan fingerprint density at radius 3 is 1.15 bits per heavy atom. The van der Waals surface area contributed by atoms with E-state index in [4.69, 9.17) is 18.9 Å². The number of esters is 2. The first kappa shape index (κ1) is 35.0. The maximum Gasteiger partial charge on any atom is 0.410 e. The minimum Gasteiger partial charge on any atom is -0.460 e. The quantitative estimate of drug-likeness (QED) is 0.0848. The van der Waals surface area contributed by atoms with Gasteiger partial charge in [-0.3, -0.25) is 0 Å². The molecule has 0 aliphatic rings. The van der Waals surface area contributed by atoms with Crippen molar-refractivity contribution in [3.05, 3.63) is 156 Å². The van der Waals surface area contributed by atoms with Gasteiger partial charge in [-0.05, 0) is 22.3 Å². The molecule has 0 saturated heterocycles. The predicted molar refractivity (Wildman–Crippen MR) is 178 cm³/mol. The van der Waals surface area contributed by atoms with Gasteiger partial charge < -0.3 is 28.7 Å². The maximum absolute atomic E-state index is 12.9. The van der Waals surface area contributed by atoms with Gasteiger partial charge in [-0.2, -0.15) is 0 Å². The van der Waals surface area contributed by atoms with Crippen molar-refractivity contribution in [3.8, 4) is 0 Å². The van der Waals surface area contributed by atoms with Gasteiger partial charge >= 0.3 is 24.1 Å². The summed E-state index contributed by atoms with van der Waals surface area (Å²) in [6.07, 6.45) is 0.718. The van der Waals surface area contributed by atoms with Crippen molar-refractivity contribution in [2.24, 2.45) is 0 Å². The molecule has 0 heterocycles. The second kappa shape index (κ2) is 18.3. The third-order valence-corrected chi connectivity index (χ3v) is 7.41. The summed E-state index contributed by atoms with van der Waals surface area (Å²) in [4.78, 5) is 53.7. The molecule has 0 aliphatic carbocycles. The minimum atomic E-state index is -0.805. The molecule has 2 atom stereocenters. The third-order valence-electron chi connectivity index (χ3n) is 7.41. The Morgan fingerprint density at radius 1 is 0.500 bits per heavy atom. The Bertz CT molecular complexity index is 1510. The summed E-state index contributed by atoms with van der Waals surface area (Å²) in [5, 5.41) is 0. The number of nitrogens with zero attached hydrogens (tertiary/aromatic N) is 2. The van der Waals surface area contributed by atoms with Gasteiger partial charge in [0.15, 0.2) is 0 Å². The van der Waals surface area contributed by atoms with Crippen molar-refractivity contribution in [1.82, 2.24) is 9.80 Å². The number of benzene rings is 4. The summed E-state index contributed by atoms with van der Waals surface area (Å²) in [7, 11) is 3.12. The lowest BCUT2D eigenvalue weighted by atomic mass is 10.1. The highest BCUT2D eigenvalue weighted by molar-refractivity contribution is 5.91. The maximum atomic E-state index is 12.9. The average Bonchev–Trinajstić information content (AvgIpc) is 3.13. The lowest BCUT2D eigenvalue weighted by molar-refractivity contribution is -0.142. The Labute approximate surface area is 280 Å². The molecule has 10 heteroatoms. The Kier molecular flexibility index (Phi) is 13.3. The van der Waals surface area contributed by atoms with Crippen LogP contribution in [0.2, 0.25) is 0 Å². The molecule has 2 amide bonds. The molecule has 0 aliphatic heterocycles. The van der Waals surface area contributed by atoms with E-state index in [2.05, 4.69) is 0 Å². The Hall–Kier alpha value is -5.90. The number of likely N-dealkylation sites (N-methyl/N-ethyl adjacent to an activating group) is 2. The lowest BCUT2D eigenvalue weighted by Crippen LogP contribution is -2.35. The molecule has 48 heavy (non-hydrogen) atoms. The van der Waals surface area contributed by atoms with E-state index in [0.717, 1.165) is 34.4 Å². The first-order valence-electron chi connectivity index (χ1n) is 15.3. The highest BCUT2D eigenvalue weighted by Gasteiger charge is 2.26. The smallest absolute Gasteiger partial charge is 0.410 e. The summed E-state index contributed by atoms with van der Waals surface area (Å²) in [6.45, 7) is -0.200. The van der Waals surface area contributed by atoms with Crippen LogP contribution in [0.1, 0.15) is 34.3 Å². The van der Waals surface area contributed by atoms with E-state index in [0.29, 0.717) is 0 Å². The van der Waals surface area contributed by atoms with Gasteiger partial charge in [0.1, 0.15) is 26.4 Å². The normalized spacial score (nSPS) is 12.0. The minimum absolute atomic E-state index is 0.0892. The van der Waals surface area contributed by atoms with E-state index >= 15 is 0 Å². The molecule has 0 fully saturated rings. The molecule has 4 aromatic rings. The molecule has 0 N–H and O–H groups in total. The standard InChI is InChI=1S/C38H38N2O8/c1-39(37(43)47-25-29-15-7-3-8-16-29)33(31-19-11-5-12-20-31)27-45-35(41)23-24-36(42)46-28-34(32-21-13-6-14-22-32)40(2)38(44)48-26-30-17-9-4-10-18-30/h3-24,33-34H,25-28H2,1-2H3/b24-23+/t33-,34-/m0/s1. The van der Waals surface area contributed by atoms with E-state index in [9.17, 15) is 19.2 Å². The number of carbonyl (C=O) groups is 4. The lowest BCUT2D eigenvalue weighted by Gasteiger charge is -2.27. The molecule has 0 radical (unpaired) electrons. The number of ether oxygens (including phenoxy) is 4. The Morgan fingerprint density at radius 2 is 0.812 bits per heavy atom. The summed E-state index contributed by atoms with van der Waals surface area (Å²) >= 11 is 0. The van der Waals surface area contributed by atoms with Crippen LogP contribution in [-0.4, -0.2) is 61.2 Å². The van der Waals surface area contributed by atoms with Gasteiger partial charge in [0.05, 0.1) is 12.1 Å². The fourth-order valence-electron chi connectivity index (χ4n) is 4.66.